The van der Waals surface area contributed by atoms with Gasteiger partial charge in [-0.25, -0.2) is 9.37 Å². The number of aromatic hydroxyl groups is 1. The summed E-state index contributed by atoms with van der Waals surface area (Å²) in [4.78, 5) is 20.7. The molecule has 0 spiro atoms. The first kappa shape index (κ1) is 27.5. The predicted octanol–water partition coefficient (Wildman–Crippen LogP) is 3.37. The zero-order valence-electron chi connectivity index (χ0n) is 21.9. The summed E-state index contributed by atoms with van der Waals surface area (Å²) in [5.74, 6) is 5.95. The molecule has 1 fully saturated rings. The van der Waals surface area contributed by atoms with E-state index in [0.717, 1.165) is 42.7 Å². The average molecular weight is 519 g/mol. The Labute approximate surface area is 223 Å². The van der Waals surface area contributed by atoms with Crippen molar-refractivity contribution in [3.05, 3.63) is 93.2 Å². The molecule has 0 bridgehead atoms. The number of likely N-dealkylation sites (tertiary alicyclic amines) is 1. The Bertz CT molecular complexity index is 1300. The number of methoxy groups -OCH3 is 1. The van der Waals surface area contributed by atoms with Gasteiger partial charge in [0.25, 0.3) is 5.56 Å². The Balaban J connectivity index is 1.42. The van der Waals surface area contributed by atoms with E-state index in [0.29, 0.717) is 24.8 Å². The topological polar surface area (TPSA) is 90.5 Å². The van der Waals surface area contributed by atoms with Gasteiger partial charge in [-0.05, 0) is 48.7 Å². The van der Waals surface area contributed by atoms with Crippen molar-refractivity contribution in [1.29, 1.82) is 0 Å². The number of halogens is 1. The zero-order valence-corrected chi connectivity index (χ0v) is 21.9. The molecule has 8 heteroatoms. The zero-order chi connectivity index (χ0) is 26.9. The normalized spacial score (nSPS) is 17.1. The van der Waals surface area contributed by atoms with E-state index in [9.17, 15) is 14.3 Å². The lowest BCUT2D eigenvalue weighted by Crippen LogP contribution is -2.32. The second kappa shape index (κ2) is 13.3. The van der Waals surface area contributed by atoms with Crippen LogP contribution in [0.3, 0.4) is 0 Å². The van der Waals surface area contributed by atoms with Crippen molar-refractivity contribution in [3.63, 3.8) is 0 Å². The molecule has 38 heavy (non-hydrogen) atoms. The molecule has 1 aliphatic heterocycles. The molecule has 0 amide bonds. The van der Waals surface area contributed by atoms with E-state index in [-0.39, 0.29) is 17.7 Å². The summed E-state index contributed by atoms with van der Waals surface area (Å²) < 4.78 is 18.5. The SMILES string of the molecule is COC1CCN(Cc2ccc(C#Cc3ccc(C(CNC(C)CF)Cc4nc[nH]c(=O)c4O)cc3)cc2)C1. The highest BCUT2D eigenvalue weighted by atomic mass is 19.1. The number of hydrogen-bond donors (Lipinski definition) is 3. The number of nitrogens with zero attached hydrogens (tertiary/aromatic N) is 2. The third-order valence-electron chi connectivity index (χ3n) is 6.94. The minimum Gasteiger partial charge on any atom is -0.502 e. The van der Waals surface area contributed by atoms with E-state index in [1.807, 2.05) is 24.3 Å². The number of nitrogens with one attached hydrogen (secondary N) is 2. The van der Waals surface area contributed by atoms with Crippen LogP contribution in [0.5, 0.6) is 5.75 Å². The van der Waals surface area contributed by atoms with Crippen LogP contribution in [0.4, 0.5) is 4.39 Å². The second-order valence-corrected chi connectivity index (χ2v) is 9.84. The summed E-state index contributed by atoms with van der Waals surface area (Å²) in [6.07, 6.45) is 3.03. The lowest BCUT2D eigenvalue weighted by molar-refractivity contribution is 0.107. The van der Waals surface area contributed by atoms with Crippen LogP contribution in [0.25, 0.3) is 0 Å². The van der Waals surface area contributed by atoms with Crippen LogP contribution < -0.4 is 10.9 Å². The van der Waals surface area contributed by atoms with E-state index in [2.05, 4.69) is 56.3 Å². The largest absolute Gasteiger partial charge is 0.502 e. The number of rotatable bonds is 10. The van der Waals surface area contributed by atoms with E-state index in [4.69, 9.17) is 4.74 Å². The highest BCUT2D eigenvalue weighted by Gasteiger charge is 2.21. The van der Waals surface area contributed by atoms with Crippen LogP contribution in [0, 0.1) is 11.8 Å². The highest BCUT2D eigenvalue weighted by Crippen LogP contribution is 2.23. The van der Waals surface area contributed by atoms with Gasteiger partial charge < -0.3 is 20.1 Å². The van der Waals surface area contributed by atoms with Crippen molar-refractivity contribution in [2.24, 2.45) is 0 Å². The smallest absolute Gasteiger partial charge is 0.293 e. The summed E-state index contributed by atoms with van der Waals surface area (Å²) in [7, 11) is 1.78. The molecule has 2 aromatic carbocycles. The Morgan fingerprint density at radius 3 is 2.50 bits per heavy atom. The molecular weight excluding hydrogens is 483 g/mol. The summed E-state index contributed by atoms with van der Waals surface area (Å²) in [6, 6.07) is 15.9. The molecule has 200 valence electrons. The van der Waals surface area contributed by atoms with Gasteiger partial charge in [0.05, 0.1) is 18.1 Å². The van der Waals surface area contributed by atoms with Gasteiger partial charge in [0.2, 0.25) is 5.75 Å². The monoisotopic (exact) mass is 518 g/mol. The molecule has 3 atom stereocenters. The van der Waals surface area contributed by atoms with E-state index in [1.165, 1.54) is 11.9 Å². The maximum absolute atomic E-state index is 13.0. The molecule has 3 unspecified atom stereocenters. The molecule has 1 aromatic heterocycles. The highest BCUT2D eigenvalue weighted by molar-refractivity contribution is 5.44. The van der Waals surface area contributed by atoms with Gasteiger partial charge >= 0.3 is 0 Å². The van der Waals surface area contributed by atoms with Gasteiger partial charge in [-0.3, -0.25) is 9.69 Å². The molecule has 3 aromatic rings. The third kappa shape index (κ3) is 7.51. The van der Waals surface area contributed by atoms with Gasteiger partial charge in [-0.15, -0.1) is 0 Å². The Morgan fingerprint density at radius 2 is 1.87 bits per heavy atom. The fourth-order valence-corrected chi connectivity index (χ4v) is 4.59. The van der Waals surface area contributed by atoms with Gasteiger partial charge in [0, 0.05) is 62.8 Å². The standard InChI is InChI=1S/C30H35FN4O3/c1-21(16-31)32-17-26(15-28-29(36)30(37)34-20-33-28)25-11-9-23(10-12-25)4-3-22-5-7-24(8-6-22)18-35-14-13-27(19-35)38-2/h5-12,20-21,26-27,32,36H,13-19H2,1-2H3,(H,33,34,37). The van der Waals surface area contributed by atoms with Crippen molar-refractivity contribution in [2.45, 2.75) is 44.4 Å². The molecule has 7 nitrogen and oxygen atoms in total. The number of benzene rings is 2. The summed E-state index contributed by atoms with van der Waals surface area (Å²) in [5, 5.41) is 13.3. The first-order chi connectivity index (χ1) is 18.4. The second-order valence-electron chi connectivity index (χ2n) is 9.84. The Kier molecular flexibility index (Phi) is 9.66. The first-order valence-electron chi connectivity index (χ1n) is 13.0. The average Bonchev–Trinajstić information content (AvgIpc) is 3.40. The Hall–Kier alpha value is -3.51. The quantitative estimate of drug-likeness (QED) is 0.357. The van der Waals surface area contributed by atoms with Crippen LogP contribution in [-0.4, -0.2) is 65.5 Å². The van der Waals surface area contributed by atoms with Crippen LogP contribution in [0.2, 0.25) is 0 Å². The molecule has 4 rings (SSSR count). The van der Waals surface area contributed by atoms with Gasteiger partial charge in [0.1, 0.15) is 6.67 Å². The predicted molar refractivity (Wildman–Crippen MR) is 146 cm³/mol. The summed E-state index contributed by atoms with van der Waals surface area (Å²) >= 11 is 0. The number of hydrogen-bond acceptors (Lipinski definition) is 6. The maximum atomic E-state index is 13.0. The van der Waals surface area contributed by atoms with Crippen molar-refractivity contribution in [3.8, 4) is 17.6 Å². The van der Waals surface area contributed by atoms with Crippen molar-refractivity contribution in [1.82, 2.24) is 20.2 Å². The van der Waals surface area contributed by atoms with Crippen molar-refractivity contribution >= 4 is 0 Å². The fraction of sp³-hybridized carbons (Fsp3) is 0.400. The van der Waals surface area contributed by atoms with Crippen LogP contribution >= 0.6 is 0 Å². The van der Waals surface area contributed by atoms with E-state index >= 15 is 0 Å². The lowest BCUT2D eigenvalue weighted by Gasteiger charge is -2.20. The number of ether oxygens (including phenoxy) is 1. The van der Waals surface area contributed by atoms with Gasteiger partial charge in [-0.1, -0.05) is 36.1 Å². The fourth-order valence-electron chi connectivity index (χ4n) is 4.59. The number of H-pyrrole nitrogens is 1. The maximum Gasteiger partial charge on any atom is 0.293 e. The molecule has 3 N–H and O–H groups in total. The molecule has 0 radical (unpaired) electrons. The lowest BCUT2D eigenvalue weighted by atomic mass is 9.92. The Morgan fingerprint density at radius 1 is 1.18 bits per heavy atom. The van der Waals surface area contributed by atoms with Gasteiger partial charge in [0.15, 0.2) is 0 Å². The molecule has 1 saturated heterocycles. The minimum atomic E-state index is -0.576. The summed E-state index contributed by atoms with van der Waals surface area (Å²) in [6.45, 7) is 4.71. The number of aromatic nitrogens is 2. The summed E-state index contributed by atoms with van der Waals surface area (Å²) in [5.41, 5.74) is 3.81. The van der Waals surface area contributed by atoms with Gasteiger partial charge in [-0.2, -0.15) is 0 Å². The van der Waals surface area contributed by atoms with Crippen LogP contribution in [0.1, 0.15) is 47.2 Å². The first-order valence-corrected chi connectivity index (χ1v) is 13.0. The number of aromatic amines is 1. The molecule has 0 aliphatic carbocycles. The third-order valence-corrected chi connectivity index (χ3v) is 6.94. The van der Waals surface area contributed by atoms with Crippen molar-refractivity contribution < 1.29 is 14.2 Å². The van der Waals surface area contributed by atoms with E-state index in [1.54, 1.807) is 14.0 Å². The number of alkyl halides is 1. The van der Waals surface area contributed by atoms with Crippen molar-refractivity contribution in [2.75, 3.05) is 33.4 Å². The minimum absolute atomic E-state index is 0.117. The van der Waals surface area contributed by atoms with E-state index < -0.39 is 12.2 Å². The molecular formula is C30H35FN4O3. The molecule has 2 heterocycles. The molecule has 0 saturated carbocycles. The van der Waals surface area contributed by atoms with Crippen LogP contribution in [0.15, 0.2) is 59.7 Å². The molecule has 1 aliphatic rings. The van der Waals surface area contributed by atoms with Crippen LogP contribution in [-0.2, 0) is 17.7 Å².